The van der Waals surface area contributed by atoms with Gasteiger partial charge < -0.3 is 29.6 Å². The van der Waals surface area contributed by atoms with Crippen molar-refractivity contribution in [3.8, 4) is 28.5 Å². The maximum Gasteiger partial charge on any atom is 0.329 e. The third-order valence-corrected chi connectivity index (χ3v) is 8.75. The first-order chi connectivity index (χ1) is 20.3. The number of hydrogen-bond donors (Lipinski definition) is 3. The normalized spacial score (nSPS) is 16.4. The number of carboxylic acid groups (broad SMARTS) is 1. The van der Waals surface area contributed by atoms with Crippen LogP contribution in [-0.2, 0) is 17.8 Å². The molecule has 0 bridgehead atoms. The van der Waals surface area contributed by atoms with Crippen molar-refractivity contribution < 1.29 is 29.3 Å². The van der Waals surface area contributed by atoms with Gasteiger partial charge in [0.15, 0.2) is 0 Å². The van der Waals surface area contributed by atoms with E-state index < -0.39 is 17.4 Å². The van der Waals surface area contributed by atoms with E-state index in [4.69, 9.17) is 9.47 Å². The summed E-state index contributed by atoms with van der Waals surface area (Å²) in [6.45, 7) is 2.60. The van der Waals surface area contributed by atoms with Crippen LogP contribution in [-0.4, -0.2) is 45.9 Å². The van der Waals surface area contributed by atoms with Gasteiger partial charge >= 0.3 is 5.97 Å². The molecule has 8 heteroatoms. The van der Waals surface area contributed by atoms with E-state index >= 15 is 0 Å². The van der Waals surface area contributed by atoms with Crippen molar-refractivity contribution in [2.45, 2.75) is 63.5 Å². The van der Waals surface area contributed by atoms with Gasteiger partial charge in [-0.2, -0.15) is 0 Å². The SMILES string of the molecule is COc1ccc2c(c1)OCCn1c-2c(C2CCCCC2)c2ccc(C(=O)N[C@@](C)(Cc3ccc(O)cc3)C(=O)O)cc21. The summed E-state index contributed by atoms with van der Waals surface area (Å²) in [6, 6.07) is 18.0. The number of ether oxygens (including phenoxy) is 2. The van der Waals surface area contributed by atoms with Crippen LogP contribution in [0.1, 0.15) is 66.4 Å². The number of aromatic hydroxyl groups is 1. The maximum absolute atomic E-state index is 13.6. The number of carboxylic acids is 1. The lowest BCUT2D eigenvalue weighted by atomic mass is 9.81. The molecule has 0 unspecified atom stereocenters. The summed E-state index contributed by atoms with van der Waals surface area (Å²) in [5, 5.41) is 23.6. The minimum absolute atomic E-state index is 0.0700. The number of amides is 1. The highest BCUT2D eigenvalue weighted by Crippen LogP contribution is 2.47. The van der Waals surface area contributed by atoms with Crippen LogP contribution in [0.25, 0.3) is 22.2 Å². The Balaban J connectivity index is 1.42. The van der Waals surface area contributed by atoms with E-state index in [1.807, 2.05) is 24.3 Å². The first-order valence-electron chi connectivity index (χ1n) is 14.6. The minimum atomic E-state index is -1.54. The Morgan fingerprint density at radius 3 is 2.52 bits per heavy atom. The number of methoxy groups -OCH3 is 1. The third kappa shape index (κ3) is 5.06. The zero-order chi connectivity index (χ0) is 29.4. The molecule has 1 atom stereocenters. The molecule has 1 saturated carbocycles. The van der Waals surface area contributed by atoms with Gasteiger partial charge in [0.05, 0.1) is 19.3 Å². The Kier molecular flexibility index (Phi) is 7.31. The summed E-state index contributed by atoms with van der Waals surface area (Å²) in [5.41, 5.74) is 3.94. The first-order valence-corrected chi connectivity index (χ1v) is 14.6. The molecule has 2 heterocycles. The molecule has 1 aliphatic carbocycles. The third-order valence-electron chi connectivity index (χ3n) is 8.75. The van der Waals surface area contributed by atoms with Gasteiger partial charge in [-0.15, -0.1) is 0 Å². The Hall–Kier alpha value is -4.46. The standard InChI is InChI=1S/C34H36N2O6/c1-34(33(39)40,20-21-8-11-24(37)12-9-21)35-32(38)23-10-14-26-28(18-23)36-16-17-42-29-19-25(41-2)13-15-27(29)31(36)30(26)22-6-4-3-5-7-22/h8-15,18-19,22,37H,3-7,16-17,20H2,1-2H3,(H,35,38)(H,39,40)/t34-/m0/s1. The molecule has 4 aromatic rings. The quantitative estimate of drug-likeness (QED) is 0.242. The number of aromatic nitrogens is 1. The molecule has 8 nitrogen and oxygen atoms in total. The number of fused-ring (bicyclic) bond motifs is 5. The van der Waals surface area contributed by atoms with Gasteiger partial charge in [-0.3, -0.25) is 4.79 Å². The van der Waals surface area contributed by atoms with E-state index in [-0.39, 0.29) is 12.2 Å². The number of nitrogens with zero attached hydrogens (tertiary/aromatic N) is 1. The second-order valence-electron chi connectivity index (χ2n) is 11.6. The van der Waals surface area contributed by atoms with Gasteiger partial charge in [-0.1, -0.05) is 37.5 Å². The zero-order valence-corrected chi connectivity index (χ0v) is 24.0. The van der Waals surface area contributed by atoms with Crippen LogP contribution in [0.15, 0.2) is 60.7 Å². The molecule has 42 heavy (non-hydrogen) atoms. The second kappa shape index (κ2) is 11.1. The number of carbonyl (C=O) groups is 2. The van der Waals surface area contributed by atoms with Gasteiger partial charge in [0.2, 0.25) is 0 Å². The van der Waals surface area contributed by atoms with E-state index in [0.29, 0.717) is 30.2 Å². The molecule has 3 aromatic carbocycles. The summed E-state index contributed by atoms with van der Waals surface area (Å²) in [4.78, 5) is 26.0. The van der Waals surface area contributed by atoms with E-state index in [1.54, 1.807) is 25.3 Å². The second-order valence-corrected chi connectivity index (χ2v) is 11.6. The molecule has 2 aliphatic rings. The average Bonchev–Trinajstić information content (AvgIpc) is 3.19. The van der Waals surface area contributed by atoms with Crippen LogP contribution < -0.4 is 14.8 Å². The largest absolute Gasteiger partial charge is 0.508 e. The van der Waals surface area contributed by atoms with E-state index in [9.17, 15) is 19.8 Å². The topological polar surface area (TPSA) is 110 Å². The fourth-order valence-corrected chi connectivity index (χ4v) is 6.55. The first kappa shape index (κ1) is 27.7. The van der Waals surface area contributed by atoms with Crippen molar-refractivity contribution in [1.82, 2.24) is 9.88 Å². The van der Waals surface area contributed by atoms with Crippen molar-refractivity contribution in [2.75, 3.05) is 13.7 Å². The molecule has 6 rings (SSSR count). The molecular formula is C34H36N2O6. The number of nitrogens with one attached hydrogen (secondary N) is 1. The highest BCUT2D eigenvalue weighted by Gasteiger charge is 2.36. The molecular weight excluding hydrogens is 532 g/mol. The smallest absolute Gasteiger partial charge is 0.329 e. The Labute approximate surface area is 244 Å². The van der Waals surface area contributed by atoms with Crippen molar-refractivity contribution >= 4 is 22.8 Å². The van der Waals surface area contributed by atoms with Crippen molar-refractivity contribution in [1.29, 1.82) is 0 Å². The van der Waals surface area contributed by atoms with Crippen LogP contribution >= 0.6 is 0 Å². The molecule has 218 valence electrons. The fourth-order valence-electron chi connectivity index (χ4n) is 6.55. The lowest BCUT2D eigenvalue weighted by Crippen LogP contribution is -2.53. The fraction of sp³-hybridized carbons (Fsp3) is 0.353. The highest BCUT2D eigenvalue weighted by molar-refractivity contribution is 6.03. The number of carbonyl (C=O) groups excluding carboxylic acids is 1. The van der Waals surface area contributed by atoms with Crippen LogP contribution in [0, 0.1) is 0 Å². The predicted molar refractivity (Wildman–Crippen MR) is 161 cm³/mol. The summed E-state index contributed by atoms with van der Waals surface area (Å²) >= 11 is 0. The summed E-state index contributed by atoms with van der Waals surface area (Å²) in [7, 11) is 1.65. The maximum atomic E-state index is 13.6. The Morgan fingerprint density at radius 1 is 1.05 bits per heavy atom. The van der Waals surface area contributed by atoms with Crippen LogP contribution in [0.2, 0.25) is 0 Å². The zero-order valence-electron chi connectivity index (χ0n) is 24.0. The van der Waals surface area contributed by atoms with Crippen LogP contribution in [0.3, 0.4) is 0 Å². The molecule has 0 radical (unpaired) electrons. The number of rotatable bonds is 7. The number of aliphatic carboxylic acids is 1. The monoisotopic (exact) mass is 568 g/mol. The molecule has 1 aliphatic heterocycles. The summed E-state index contributed by atoms with van der Waals surface area (Å²) < 4.78 is 13.9. The van der Waals surface area contributed by atoms with Crippen molar-refractivity contribution in [3.63, 3.8) is 0 Å². The van der Waals surface area contributed by atoms with Crippen LogP contribution in [0.4, 0.5) is 0 Å². The molecule has 1 aromatic heterocycles. The van der Waals surface area contributed by atoms with E-state index in [0.717, 1.165) is 46.5 Å². The lowest BCUT2D eigenvalue weighted by Gasteiger charge is -2.26. The molecule has 3 N–H and O–H groups in total. The molecule has 1 amide bonds. The highest BCUT2D eigenvalue weighted by atomic mass is 16.5. The van der Waals surface area contributed by atoms with Gasteiger partial charge in [0, 0.05) is 34.5 Å². The Bertz CT molecular complexity index is 1650. The molecule has 0 saturated heterocycles. The molecule has 0 spiro atoms. The summed E-state index contributed by atoms with van der Waals surface area (Å²) in [6.07, 6.45) is 5.94. The number of benzene rings is 3. The van der Waals surface area contributed by atoms with Gasteiger partial charge in [0.1, 0.15) is 29.4 Å². The van der Waals surface area contributed by atoms with Gasteiger partial charge in [-0.05, 0) is 73.2 Å². The van der Waals surface area contributed by atoms with E-state index in [1.165, 1.54) is 43.9 Å². The van der Waals surface area contributed by atoms with Crippen molar-refractivity contribution in [2.24, 2.45) is 0 Å². The van der Waals surface area contributed by atoms with E-state index in [2.05, 4.69) is 16.0 Å². The number of phenolic OH excluding ortho intramolecular Hbond substituents is 1. The predicted octanol–water partition coefficient (Wildman–Crippen LogP) is 6.28. The van der Waals surface area contributed by atoms with Crippen LogP contribution in [0.5, 0.6) is 17.2 Å². The summed E-state index contributed by atoms with van der Waals surface area (Å²) in [5.74, 6) is 0.448. The number of phenols is 1. The average molecular weight is 569 g/mol. The minimum Gasteiger partial charge on any atom is -0.508 e. The van der Waals surface area contributed by atoms with Gasteiger partial charge in [-0.25, -0.2) is 4.79 Å². The Morgan fingerprint density at radius 2 is 1.81 bits per heavy atom. The van der Waals surface area contributed by atoms with Crippen molar-refractivity contribution in [3.05, 3.63) is 77.4 Å². The van der Waals surface area contributed by atoms with Gasteiger partial charge in [0.25, 0.3) is 5.91 Å². The molecule has 1 fully saturated rings. The lowest BCUT2D eigenvalue weighted by molar-refractivity contribution is -0.143. The number of hydrogen-bond acceptors (Lipinski definition) is 5.